The summed E-state index contributed by atoms with van der Waals surface area (Å²) in [4.78, 5) is 0. The van der Waals surface area contributed by atoms with Crippen LogP contribution in [0.2, 0.25) is 0 Å². The van der Waals surface area contributed by atoms with Gasteiger partial charge in [0.2, 0.25) is 0 Å². The van der Waals surface area contributed by atoms with E-state index in [-0.39, 0.29) is 0 Å². The van der Waals surface area contributed by atoms with E-state index in [1.54, 1.807) is 0 Å². The predicted octanol–water partition coefficient (Wildman–Crippen LogP) is 1.54. The Bertz CT molecular complexity index is 240. The summed E-state index contributed by atoms with van der Waals surface area (Å²) in [5.74, 6) is 2.51. The van der Waals surface area contributed by atoms with Gasteiger partial charge in [-0.05, 0) is 25.1 Å². The van der Waals surface area contributed by atoms with Crippen LogP contribution in [-0.4, -0.2) is 44.5 Å². The minimum atomic E-state index is -2.79. The molecule has 0 aliphatic carbocycles. The highest BCUT2D eigenvalue weighted by atomic mass is 32.2. The Balaban J connectivity index is 3.74. The van der Waals surface area contributed by atoms with Gasteiger partial charge in [-0.25, -0.2) is 8.42 Å². The molecule has 5 heteroatoms. The molecule has 0 saturated heterocycles. The fourth-order valence-electron chi connectivity index (χ4n) is 1.39. The largest absolute Gasteiger partial charge is 0.313 e. The van der Waals surface area contributed by atoms with E-state index in [1.165, 1.54) is 6.26 Å². The summed E-state index contributed by atoms with van der Waals surface area (Å²) >= 11 is 1.90. The van der Waals surface area contributed by atoms with E-state index in [0.29, 0.717) is 11.8 Å². The third-order valence-electron chi connectivity index (χ3n) is 2.08. The van der Waals surface area contributed by atoms with Crippen LogP contribution in [0.1, 0.15) is 26.7 Å². The van der Waals surface area contributed by atoms with Crippen molar-refractivity contribution in [3.63, 3.8) is 0 Å². The van der Waals surface area contributed by atoms with Crippen molar-refractivity contribution in [1.29, 1.82) is 0 Å². The zero-order valence-corrected chi connectivity index (χ0v) is 11.6. The van der Waals surface area contributed by atoms with Crippen LogP contribution < -0.4 is 5.32 Å². The number of thioether (sulfide) groups is 1. The van der Waals surface area contributed by atoms with E-state index in [2.05, 4.69) is 19.2 Å². The maximum absolute atomic E-state index is 11.0. The smallest absolute Gasteiger partial charge is 0.147 e. The van der Waals surface area contributed by atoms with Gasteiger partial charge in [-0.15, -0.1) is 0 Å². The van der Waals surface area contributed by atoms with Crippen molar-refractivity contribution >= 4 is 21.6 Å². The highest BCUT2D eigenvalue weighted by Crippen LogP contribution is 2.07. The van der Waals surface area contributed by atoms with Crippen LogP contribution in [0.3, 0.4) is 0 Å². The van der Waals surface area contributed by atoms with Crippen molar-refractivity contribution in [2.45, 2.75) is 32.7 Å². The Kier molecular flexibility index (Phi) is 8.56. The Morgan fingerprint density at radius 1 is 1.33 bits per heavy atom. The quantitative estimate of drug-likeness (QED) is 0.677. The summed E-state index contributed by atoms with van der Waals surface area (Å²) in [7, 11) is -2.79. The molecule has 1 atom stereocenters. The molecular weight excluding hydrogens is 230 g/mol. The molecule has 0 spiro atoms. The third kappa shape index (κ3) is 10.5. The average molecular weight is 253 g/mol. The van der Waals surface area contributed by atoms with Gasteiger partial charge in [-0.2, -0.15) is 11.8 Å². The highest BCUT2D eigenvalue weighted by molar-refractivity contribution is 7.99. The molecule has 15 heavy (non-hydrogen) atoms. The second kappa shape index (κ2) is 8.42. The fraction of sp³-hybridized carbons (Fsp3) is 1.00. The monoisotopic (exact) mass is 253 g/mol. The van der Waals surface area contributed by atoms with Crippen molar-refractivity contribution in [3.8, 4) is 0 Å². The van der Waals surface area contributed by atoms with Crippen molar-refractivity contribution in [3.05, 3.63) is 0 Å². The number of sulfone groups is 1. The van der Waals surface area contributed by atoms with Gasteiger partial charge in [0.25, 0.3) is 0 Å². The Morgan fingerprint density at radius 3 is 2.47 bits per heavy atom. The van der Waals surface area contributed by atoms with E-state index in [4.69, 9.17) is 0 Å². The summed E-state index contributed by atoms with van der Waals surface area (Å²) in [6.07, 6.45) is 3.02. The van der Waals surface area contributed by atoms with Crippen LogP contribution in [-0.2, 0) is 9.84 Å². The van der Waals surface area contributed by atoms with Crippen LogP contribution in [0.15, 0.2) is 0 Å². The Morgan fingerprint density at radius 2 is 2.00 bits per heavy atom. The maximum atomic E-state index is 11.0. The number of rotatable bonds is 9. The second-order valence-corrected chi connectivity index (χ2v) is 7.26. The molecule has 1 unspecified atom stereocenters. The van der Waals surface area contributed by atoms with Crippen LogP contribution in [0, 0.1) is 0 Å². The van der Waals surface area contributed by atoms with E-state index in [9.17, 15) is 8.42 Å². The normalized spacial score (nSPS) is 14.1. The average Bonchev–Trinajstić information content (AvgIpc) is 2.12. The first kappa shape index (κ1) is 15.3. The lowest BCUT2D eigenvalue weighted by Gasteiger charge is -2.16. The van der Waals surface area contributed by atoms with Crippen LogP contribution in [0.25, 0.3) is 0 Å². The summed E-state index contributed by atoms with van der Waals surface area (Å²) in [5.41, 5.74) is 0. The topological polar surface area (TPSA) is 46.2 Å². The molecule has 0 saturated carbocycles. The molecule has 0 aliphatic heterocycles. The molecular formula is C10H23NO2S2. The van der Waals surface area contributed by atoms with Crippen LogP contribution in [0.4, 0.5) is 0 Å². The van der Waals surface area contributed by atoms with Gasteiger partial charge >= 0.3 is 0 Å². The first-order valence-electron chi connectivity index (χ1n) is 5.48. The van der Waals surface area contributed by atoms with Gasteiger partial charge in [0, 0.05) is 23.8 Å². The van der Waals surface area contributed by atoms with Crippen molar-refractivity contribution in [1.82, 2.24) is 5.32 Å². The predicted molar refractivity (Wildman–Crippen MR) is 69.4 cm³/mol. The van der Waals surface area contributed by atoms with E-state index in [0.717, 1.165) is 30.9 Å². The summed E-state index contributed by atoms with van der Waals surface area (Å²) in [5, 5.41) is 3.39. The van der Waals surface area contributed by atoms with Crippen LogP contribution >= 0.6 is 11.8 Å². The number of nitrogens with one attached hydrogen (secondary N) is 1. The van der Waals surface area contributed by atoms with Gasteiger partial charge in [-0.3, -0.25) is 0 Å². The van der Waals surface area contributed by atoms with E-state index in [1.807, 2.05) is 11.8 Å². The molecule has 0 rings (SSSR count). The number of hydrogen-bond acceptors (Lipinski definition) is 4. The first-order valence-corrected chi connectivity index (χ1v) is 8.70. The van der Waals surface area contributed by atoms with Gasteiger partial charge in [-0.1, -0.05) is 13.8 Å². The van der Waals surface area contributed by atoms with Crippen molar-refractivity contribution in [2.75, 3.05) is 30.1 Å². The molecule has 1 N–H and O–H groups in total. The zero-order chi connectivity index (χ0) is 11.7. The summed E-state index contributed by atoms with van der Waals surface area (Å²) in [6, 6.07) is 0.460. The highest BCUT2D eigenvalue weighted by Gasteiger charge is 2.09. The molecule has 0 aromatic heterocycles. The summed E-state index contributed by atoms with van der Waals surface area (Å²) in [6.45, 7) is 5.18. The second-order valence-electron chi connectivity index (χ2n) is 3.69. The van der Waals surface area contributed by atoms with Gasteiger partial charge in [0.15, 0.2) is 0 Å². The zero-order valence-electron chi connectivity index (χ0n) is 9.95. The standard InChI is InChI=1S/C10H23NO2S2/c1-4-11-10(9-14-5-2)7-6-8-15(3,12)13/h10-11H,4-9H2,1-3H3. The van der Waals surface area contributed by atoms with Crippen molar-refractivity contribution in [2.24, 2.45) is 0 Å². The molecule has 0 aromatic rings. The van der Waals surface area contributed by atoms with Gasteiger partial charge < -0.3 is 5.32 Å². The van der Waals surface area contributed by atoms with Crippen LogP contribution in [0.5, 0.6) is 0 Å². The molecule has 0 radical (unpaired) electrons. The lowest BCUT2D eigenvalue weighted by molar-refractivity contribution is 0.527. The van der Waals surface area contributed by atoms with E-state index >= 15 is 0 Å². The lowest BCUT2D eigenvalue weighted by Crippen LogP contribution is -2.31. The summed E-state index contributed by atoms with van der Waals surface area (Å²) < 4.78 is 21.9. The third-order valence-corrected chi connectivity index (χ3v) is 4.16. The Hall–Kier alpha value is 0.260. The molecule has 0 fully saturated rings. The SMILES string of the molecule is CCNC(CCCS(C)(=O)=O)CSCC. The molecule has 3 nitrogen and oxygen atoms in total. The van der Waals surface area contributed by atoms with E-state index < -0.39 is 9.84 Å². The minimum absolute atomic E-state index is 0.311. The maximum Gasteiger partial charge on any atom is 0.147 e. The molecule has 0 heterocycles. The molecule has 0 bridgehead atoms. The minimum Gasteiger partial charge on any atom is -0.313 e. The van der Waals surface area contributed by atoms with Gasteiger partial charge in [0.1, 0.15) is 9.84 Å². The molecule has 0 aromatic carbocycles. The molecule has 92 valence electrons. The van der Waals surface area contributed by atoms with Gasteiger partial charge in [0.05, 0.1) is 0 Å². The first-order chi connectivity index (χ1) is 6.99. The van der Waals surface area contributed by atoms with Crippen molar-refractivity contribution < 1.29 is 8.42 Å². The Labute approximate surface area is 98.3 Å². The fourth-order valence-corrected chi connectivity index (χ4v) is 2.88. The molecule has 0 aliphatic rings. The molecule has 0 amide bonds. The number of hydrogen-bond donors (Lipinski definition) is 1. The lowest BCUT2D eigenvalue weighted by atomic mass is 10.2.